The number of carbonyl (C=O) groups excluding carboxylic acids is 2. The summed E-state index contributed by atoms with van der Waals surface area (Å²) in [6.07, 6.45) is 0.247. The second-order valence-corrected chi connectivity index (χ2v) is 5.66. The van der Waals surface area contributed by atoms with E-state index < -0.39 is 0 Å². The molecule has 2 amide bonds. The van der Waals surface area contributed by atoms with Crippen LogP contribution in [0.1, 0.15) is 18.9 Å². The van der Waals surface area contributed by atoms with Gasteiger partial charge in [-0.3, -0.25) is 9.59 Å². The Morgan fingerprint density at radius 1 is 1.39 bits per heavy atom. The van der Waals surface area contributed by atoms with Gasteiger partial charge in [0.2, 0.25) is 11.8 Å². The number of nitrogens with zero attached hydrogens (tertiary/aromatic N) is 2. The van der Waals surface area contributed by atoms with Crippen LogP contribution < -0.4 is 4.74 Å². The Hall–Kier alpha value is -2.08. The zero-order valence-corrected chi connectivity index (χ0v) is 13.7. The quantitative estimate of drug-likeness (QED) is 0.810. The Morgan fingerprint density at radius 3 is 2.65 bits per heavy atom. The number of hydrogen-bond acceptors (Lipinski definition) is 4. The first-order chi connectivity index (χ1) is 11.1. The number of aliphatic hydroxyl groups is 1. The predicted molar refractivity (Wildman–Crippen MR) is 85.9 cm³/mol. The van der Waals surface area contributed by atoms with Crippen molar-refractivity contribution in [3.63, 3.8) is 0 Å². The minimum absolute atomic E-state index is 0.000723. The highest BCUT2D eigenvalue weighted by atomic mass is 16.5. The summed E-state index contributed by atoms with van der Waals surface area (Å²) in [5, 5.41) is 9.02. The van der Waals surface area contributed by atoms with E-state index in [1.807, 2.05) is 31.2 Å². The first kappa shape index (κ1) is 17.3. The fourth-order valence-electron chi connectivity index (χ4n) is 2.84. The summed E-state index contributed by atoms with van der Waals surface area (Å²) in [5.41, 5.74) is 1.01. The van der Waals surface area contributed by atoms with E-state index in [1.165, 1.54) is 0 Å². The maximum atomic E-state index is 12.4. The van der Waals surface area contributed by atoms with Crippen LogP contribution in [0.15, 0.2) is 24.3 Å². The summed E-state index contributed by atoms with van der Waals surface area (Å²) < 4.78 is 5.12. The van der Waals surface area contributed by atoms with E-state index in [1.54, 1.807) is 16.9 Å². The van der Waals surface area contributed by atoms with Crippen LogP contribution in [0.25, 0.3) is 0 Å². The minimum atomic E-state index is -0.313. The largest absolute Gasteiger partial charge is 0.497 e. The molecule has 1 saturated heterocycles. The summed E-state index contributed by atoms with van der Waals surface area (Å²) in [4.78, 5) is 27.9. The molecule has 1 aliphatic heterocycles. The highest BCUT2D eigenvalue weighted by Gasteiger charge is 2.35. The summed E-state index contributed by atoms with van der Waals surface area (Å²) >= 11 is 0. The van der Waals surface area contributed by atoms with Crippen LogP contribution in [-0.4, -0.2) is 60.1 Å². The molecule has 0 radical (unpaired) electrons. The molecule has 0 aromatic heterocycles. The van der Waals surface area contributed by atoms with Crippen LogP contribution in [0.5, 0.6) is 5.75 Å². The van der Waals surface area contributed by atoms with Crippen LogP contribution in [0, 0.1) is 5.92 Å². The lowest BCUT2D eigenvalue weighted by atomic mass is 10.1. The zero-order chi connectivity index (χ0) is 16.8. The average Bonchev–Trinajstić information content (AvgIpc) is 2.93. The third-order valence-corrected chi connectivity index (χ3v) is 4.16. The van der Waals surface area contributed by atoms with Gasteiger partial charge in [-0.1, -0.05) is 12.1 Å². The number of ether oxygens (including phenoxy) is 1. The molecule has 0 spiro atoms. The van der Waals surface area contributed by atoms with Crippen molar-refractivity contribution in [3.05, 3.63) is 29.8 Å². The summed E-state index contributed by atoms with van der Waals surface area (Å²) in [6.45, 7) is 3.61. The lowest BCUT2D eigenvalue weighted by Crippen LogP contribution is -2.39. The number of methoxy groups -OCH3 is 1. The number of likely N-dealkylation sites (N-methyl/N-ethyl adjacent to an activating group) is 1. The molecule has 6 nitrogen and oxygen atoms in total. The van der Waals surface area contributed by atoms with Crippen molar-refractivity contribution in [3.8, 4) is 5.75 Å². The number of aliphatic hydroxyl groups excluding tert-OH is 1. The molecule has 2 rings (SSSR count). The molecule has 6 heteroatoms. The number of hydrogen-bond donors (Lipinski definition) is 1. The molecule has 1 aliphatic rings. The van der Waals surface area contributed by atoms with Crippen molar-refractivity contribution in [2.45, 2.75) is 19.9 Å². The van der Waals surface area contributed by atoms with Gasteiger partial charge in [0.05, 0.1) is 19.6 Å². The average molecular weight is 320 g/mol. The molecule has 23 heavy (non-hydrogen) atoms. The van der Waals surface area contributed by atoms with Gasteiger partial charge in [-0.15, -0.1) is 0 Å². The molecular weight excluding hydrogens is 296 g/mol. The van der Waals surface area contributed by atoms with E-state index in [0.29, 0.717) is 26.2 Å². The maximum absolute atomic E-state index is 12.4. The van der Waals surface area contributed by atoms with E-state index in [4.69, 9.17) is 9.84 Å². The number of benzene rings is 1. The van der Waals surface area contributed by atoms with Crippen molar-refractivity contribution >= 4 is 11.8 Å². The lowest BCUT2D eigenvalue weighted by molar-refractivity contribution is -0.136. The van der Waals surface area contributed by atoms with Gasteiger partial charge in [0.25, 0.3) is 0 Å². The molecular formula is C17H24N2O4. The van der Waals surface area contributed by atoms with Gasteiger partial charge in [0.1, 0.15) is 5.75 Å². The van der Waals surface area contributed by atoms with Crippen molar-refractivity contribution in [2.24, 2.45) is 5.92 Å². The second-order valence-electron chi connectivity index (χ2n) is 5.66. The Kier molecular flexibility index (Phi) is 5.98. The van der Waals surface area contributed by atoms with Gasteiger partial charge in [-0.25, -0.2) is 0 Å². The number of amides is 2. The van der Waals surface area contributed by atoms with Gasteiger partial charge < -0.3 is 19.6 Å². The fraction of sp³-hybridized carbons (Fsp3) is 0.529. The SMILES string of the molecule is CCN(CCO)C(=O)C1CC(=O)N(Cc2ccc(OC)cc2)C1. The molecule has 0 bridgehead atoms. The molecule has 0 saturated carbocycles. The molecule has 126 valence electrons. The minimum Gasteiger partial charge on any atom is -0.497 e. The highest BCUT2D eigenvalue weighted by Crippen LogP contribution is 2.23. The predicted octanol–water partition coefficient (Wildman–Crippen LogP) is 0.884. The van der Waals surface area contributed by atoms with Gasteiger partial charge >= 0.3 is 0 Å². The third kappa shape index (κ3) is 4.22. The van der Waals surface area contributed by atoms with Crippen LogP contribution >= 0.6 is 0 Å². The summed E-state index contributed by atoms with van der Waals surface area (Å²) in [6, 6.07) is 7.56. The van der Waals surface area contributed by atoms with Crippen LogP contribution in [-0.2, 0) is 16.1 Å². The van der Waals surface area contributed by atoms with Crippen molar-refractivity contribution < 1.29 is 19.4 Å². The maximum Gasteiger partial charge on any atom is 0.228 e. The van der Waals surface area contributed by atoms with Crippen LogP contribution in [0.2, 0.25) is 0 Å². The summed E-state index contributed by atoms with van der Waals surface area (Å²) in [5.74, 6) is 0.413. The second kappa shape index (κ2) is 7.97. The Bertz CT molecular complexity index is 544. The smallest absolute Gasteiger partial charge is 0.228 e. The number of rotatable bonds is 7. The molecule has 1 N–H and O–H groups in total. The third-order valence-electron chi connectivity index (χ3n) is 4.16. The summed E-state index contributed by atoms with van der Waals surface area (Å²) in [7, 11) is 1.61. The van der Waals surface area contributed by atoms with E-state index in [9.17, 15) is 9.59 Å². The van der Waals surface area contributed by atoms with Crippen LogP contribution in [0.3, 0.4) is 0 Å². The van der Waals surface area contributed by atoms with Gasteiger partial charge in [-0.05, 0) is 24.6 Å². The normalized spacial score (nSPS) is 17.4. The molecule has 1 unspecified atom stereocenters. The van der Waals surface area contributed by atoms with Crippen LogP contribution in [0.4, 0.5) is 0 Å². The molecule has 1 atom stereocenters. The fourth-order valence-corrected chi connectivity index (χ4v) is 2.84. The van der Waals surface area contributed by atoms with E-state index >= 15 is 0 Å². The van der Waals surface area contributed by atoms with Gasteiger partial charge in [0.15, 0.2) is 0 Å². The number of likely N-dealkylation sites (tertiary alicyclic amines) is 1. The number of carbonyl (C=O) groups is 2. The lowest BCUT2D eigenvalue weighted by Gasteiger charge is -2.23. The van der Waals surface area contributed by atoms with Gasteiger partial charge in [-0.2, -0.15) is 0 Å². The van der Waals surface area contributed by atoms with Crippen molar-refractivity contribution in [1.29, 1.82) is 0 Å². The monoisotopic (exact) mass is 320 g/mol. The standard InChI is InChI=1S/C17H24N2O4/c1-3-18(8-9-20)17(22)14-10-16(21)19(12-14)11-13-4-6-15(23-2)7-5-13/h4-7,14,20H,3,8-12H2,1-2H3. The molecule has 1 fully saturated rings. The molecule has 0 aliphatic carbocycles. The van der Waals surface area contributed by atoms with E-state index in [0.717, 1.165) is 11.3 Å². The topological polar surface area (TPSA) is 70.1 Å². The first-order valence-corrected chi connectivity index (χ1v) is 7.89. The van der Waals surface area contributed by atoms with Crippen molar-refractivity contribution in [1.82, 2.24) is 9.80 Å². The Morgan fingerprint density at radius 2 is 2.09 bits per heavy atom. The zero-order valence-electron chi connectivity index (χ0n) is 13.7. The van der Waals surface area contributed by atoms with Gasteiger partial charge in [0, 0.05) is 32.6 Å². The molecule has 1 heterocycles. The van der Waals surface area contributed by atoms with E-state index in [2.05, 4.69) is 0 Å². The Balaban J connectivity index is 1.97. The molecule has 1 aromatic carbocycles. The first-order valence-electron chi connectivity index (χ1n) is 7.89. The van der Waals surface area contributed by atoms with Crippen molar-refractivity contribution in [2.75, 3.05) is 33.4 Å². The highest BCUT2D eigenvalue weighted by molar-refractivity contribution is 5.89. The Labute approximate surface area is 136 Å². The van der Waals surface area contributed by atoms with E-state index in [-0.39, 0.29) is 30.8 Å². The molecule has 1 aromatic rings.